The molecule has 1 fully saturated rings. The number of nitrogens with zero attached hydrogens (tertiary/aromatic N) is 3. The van der Waals surface area contributed by atoms with Gasteiger partial charge in [0.15, 0.2) is 0 Å². The molecule has 3 aromatic rings. The zero-order valence-electron chi connectivity index (χ0n) is 16.7. The fourth-order valence-corrected chi connectivity index (χ4v) is 3.62. The lowest BCUT2D eigenvalue weighted by atomic mass is 9.98. The van der Waals surface area contributed by atoms with Gasteiger partial charge in [-0.05, 0) is 62.5 Å². The molecule has 8 heteroatoms. The molecule has 0 aliphatic heterocycles. The number of nitrogen functional groups attached to an aromatic ring is 1. The van der Waals surface area contributed by atoms with Gasteiger partial charge in [0.1, 0.15) is 23.9 Å². The van der Waals surface area contributed by atoms with E-state index in [1.165, 1.54) is 25.6 Å². The molecule has 0 amide bonds. The van der Waals surface area contributed by atoms with Crippen LogP contribution in [-0.2, 0) is 0 Å². The first kappa shape index (κ1) is 21.5. The highest BCUT2D eigenvalue weighted by Crippen LogP contribution is 2.34. The van der Waals surface area contributed by atoms with Crippen LogP contribution in [0.15, 0.2) is 36.8 Å². The van der Waals surface area contributed by atoms with Gasteiger partial charge in [0, 0.05) is 11.9 Å². The van der Waals surface area contributed by atoms with E-state index in [4.69, 9.17) is 22.1 Å². The third-order valence-corrected chi connectivity index (χ3v) is 4.87. The van der Waals surface area contributed by atoms with Crippen molar-refractivity contribution in [3.63, 3.8) is 0 Å². The Morgan fingerprint density at radius 2 is 1.90 bits per heavy atom. The van der Waals surface area contributed by atoms with Crippen LogP contribution in [0.2, 0.25) is 5.02 Å². The summed E-state index contributed by atoms with van der Waals surface area (Å²) >= 11 is 8.13. The maximum atomic E-state index is 6.38. The van der Waals surface area contributed by atoms with Gasteiger partial charge in [-0.25, -0.2) is 15.0 Å². The Morgan fingerprint density at radius 1 is 1.14 bits per heavy atom. The number of pyridine rings is 1. The zero-order chi connectivity index (χ0) is 20.6. The average molecular weight is 432 g/mol. The van der Waals surface area contributed by atoms with Gasteiger partial charge in [0.05, 0.1) is 15.9 Å². The van der Waals surface area contributed by atoms with Crippen LogP contribution in [0.25, 0.3) is 10.9 Å². The summed E-state index contributed by atoms with van der Waals surface area (Å²) in [4.78, 5) is 13.0. The third-order valence-electron chi connectivity index (χ3n) is 4.57. The maximum absolute atomic E-state index is 6.38. The molecule has 29 heavy (non-hydrogen) atoms. The number of anilines is 3. The molecule has 3 N–H and O–H groups in total. The molecule has 2 aromatic heterocycles. The van der Waals surface area contributed by atoms with Crippen LogP contribution in [0.3, 0.4) is 0 Å². The van der Waals surface area contributed by atoms with Crippen LogP contribution in [-0.4, -0.2) is 33.6 Å². The third kappa shape index (κ3) is 5.64. The van der Waals surface area contributed by atoms with E-state index in [2.05, 4.69) is 20.3 Å². The average Bonchev–Trinajstić information content (AvgIpc) is 2.70. The Bertz CT molecular complexity index is 950. The molecule has 0 radical (unpaired) electrons. The minimum atomic E-state index is 0.213. The van der Waals surface area contributed by atoms with E-state index in [9.17, 15) is 0 Å². The van der Waals surface area contributed by atoms with Gasteiger partial charge in [-0.3, -0.25) is 0 Å². The van der Waals surface area contributed by atoms with Crippen molar-refractivity contribution in [1.82, 2.24) is 15.0 Å². The fourth-order valence-electron chi connectivity index (χ4n) is 3.31. The minimum Gasteiger partial charge on any atom is -0.473 e. The van der Waals surface area contributed by atoms with Gasteiger partial charge in [0.2, 0.25) is 5.88 Å². The normalized spacial score (nSPS) is 14.2. The molecule has 154 valence electrons. The van der Waals surface area contributed by atoms with E-state index in [1.807, 2.05) is 24.6 Å². The molecule has 1 aliphatic carbocycles. The van der Waals surface area contributed by atoms with Crippen molar-refractivity contribution in [1.29, 1.82) is 0 Å². The number of aromatic nitrogens is 3. The predicted molar refractivity (Wildman–Crippen MR) is 123 cm³/mol. The van der Waals surface area contributed by atoms with Crippen LogP contribution in [0.1, 0.15) is 32.1 Å². The first-order valence-electron chi connectivity index (χ1n) is 9.61. The number of thioether (sulfide) groups is 1. The molecule has 0 bridgehead atoms. The quantitative estimate of drug-likeness (QED) is 0.512. The number of fused-ring (bicyclic) bond motifs is 1. The highest BCUT2D eigenvalue weighted by atomic mass is 35.5. The van der Waals surface area contributed by atoms with Crippen molar-refractivity contribution < 1.29 is 4.74 Å². The van der Waals surface area contributed by atoms with Crippen molar-refractivity contribution >= 4 is 51.5 Å². The smallest absolute Gasteiger partial charge is 0.238 e. The van der Waals surface area contributed by atoms with E-state index in [0.29, 0.717) is 27.9 Å². The van der Waals surface area contributed by atoms with Gasteiger partial charge >= 0.3 is 0 Å². The molecule has 0 spiro atoms. The Labute approximate surface area is 180 Å². The Kier molecular flexibility index (Phi) is 7.77. The predicted octanol–water partition coefficient (Wildman–Crippen LogP) is 5.69. The molecule has 6 nitrogen and oxygen atoms in total. The molecule has 1 saturated carbocycles. The summed E-state index contributed by atoms with van der Waals surface area (Å²) in [6, 6.07) is 7.25. The zero-order valence-corrected chi connectivity index (χ0v) is 18.3. The summed E-state index contributed by atoms with van der Waals surface area (Å²) in [5.41, 5.74) is 7.87. The van der Waals surface area contributed by atoms with Gasteiger partial charge in [-0.15, -0.1) is 0 Å². The highest BCUT2D eigenvalue weighted by molar-refractivity contribution is 7.97. The van der Waals surface area contributed by atoms with Crippen LogP contribution in [0.5, 0.6) is 5.88 Å². The number of nitrogens with two attached hydrogens (primary N) is 1. The molecule has 0 atom stereocenters. The second-order valence-corrected chi connectivity index (χ2v) is 8.11. The van der Waals surface area contributed by atoms with Gasteiger partial charge in [-0.1, -0.05) is 18.0 Å². The number of hydrogen-bond donors (Lipinski definition) is 2. The summed E-state index contributed by atoms with van der Waals surface area (Å²) < 4.78 is 6.15. The molecule has 1 aromatic carbocycles. The minimum absolute atomic E-state index is 0.213. The van der Waals surface area contributed by atoms with Crippen molar-refractivity contribution in [3.05, 3.63) is 41.8 Å². The van der Waals surface area contributed by atoms with E-state index >= 15 is 0 Å². The van der Waals surface area contributed by atoms with E-state index < -0.39 is 0 Å². The molecule has 4 rings (SSSR count). The monoisotopic (exact) mass is 431 g/mol. The number of rotatable bonds is 4. The molecular formula is C21H26ClN5OS. The van der Waals surface area contributed by atoms with Crippen molar-refractivity contribution in [2.75, 3.05) is 23.6 Å². The molecule has 0 saturated heterocycles. The largest absolute Gasteiger partial charge is 0.473 e. The van der Waals surface area contributed by atoms with Crippen molar-refractivity contribution in [2.24, 2.45) is 0 Å². The lowest BCUT2D eigenvalue weighted by molar-refractivity contribution is 0.149. The highest BCUT2D eigenvalue weighted by Gasteiger charge is 2.18. The lowest BCUT2D eigenvalue weighted by Gasteiger charge is -2.23. The molecular weight excluding hydrogens is 406 g/mol. The standard InChI is InChI=1S/C19H20ClN5O.C2H6S/c20-14-9-12(21)10-16-17(14)18(24-11-23-16)25-15-7-4-8-22-19(15)26-13-5-2-1-3-6-13;1-3-2/h4,7-11,13H,1-3,5-6,21H2,(H,23,24,25);1-2H3. The second-order valence-electron chi connectivity index (χ2n) is 6.89. The number of benzene rings is 1. The van der Waals surface area contributed by atoms with Gasteiger partial charge < -0.3 is 15.8 Å². The number of ether oxygens (including phenoxy) is 1. The molecule has 1 aliphatic rings. The van der Waals surface area contributed by atoms with Crippen molar-refractivity contribution in [3.8, 4) is 5.88 Å². The van der Waals surface area contributed by atoms with E-state index in [-0.39, 0.29) is 6.10 Å². The van der Waals surface area contributed by atoms with Crippen LogP contribution < -0.4 is 15.8 Å². The summed E-state index contributed by atoms with van der Waals surface area (Å²) in [6.07, 6.45) is 13.3. The van der Waals surface area contributed by atoms with Gasteiger partial charge in [-0.2, -0.15) is 11.8 Å². The SMILES string of the molecule is CSC.Nc1cc(Cl)c2c(Nc3cccnc3OC3CCCCC3)ncnc2c1. The summed E-state index contributed by atoms with van der Waals surface area (Å²) in [5, 5.41) is 4.52. The number of halogens is 1. The summed E-state index contributed by atoms with van der Waals surface area (Å²) in [5.74, 6) is 1.18. The Hall–Kier alpha value is -2.25. The Morgan fingerprint density at radius 3 is 2.66 bits per heavy atom. The van der Waals surface area contributed by atoms with Crippen LogP contribution in [0.4, 0.5) is 17.2 Å². The van der Waals surface area contributed by atoms with Crippen LogP contribution >= 0.6 is 23.4 Å². The maximum Gasteiger partial charge on any atom is 0.238 e. The molecule has 2 heterocycles. The topological polar surface area (TPSA) is 86.0 Å². The lowest BCUT2D eigenvalue weighted by Crippen LogP contribution is -2.20. The summed E-state index contributed by atoms with van der Waals surface area (Å²) in [6.45, 7) is 0. The first-order chi connectivity index (χ1) is 14.1. The van der Waals surface area contributed by atoms with Crippen LogP contribution in [0, 0.1) is 0 Å². The van der Waals surface area contributed by atoms with Gasteiger partial charge in [0.25, 0.3) is 0 Å². The first-order valence-corrected chi connectivity index (χ1v) is 11.6. The second kappa shape index (κ2) is 10.5. The number of hydrogen-bond acceptors (Lipinski definition) is 7. The Balaban J connectivity index is 0.000000755. The molecule has 0 unspecified atom stereocenters. The number of nitrogens with one attached hydrogen (secondary N) is 1. The fraction of sp³-hybridized carbons (Fsp3) is 0.381. The van der Waals surface area contributed by atoms with Crippen molar-refractivity contribution in [2.45, 2.75) is 38.2 Å². The van der Waals surface area contributed by atoms with E-state index in [1.54, 1.807) is 30.1 Å². The summed E-state index contributed by atoms with van der Waals surface area (Å²) in [7, 11) is 0. The van der Waals surface area contributed by atoms with E-state index in [0.717, 1.165) is 23.9 Å².